The minimum Gasteiger partial charge on any atom is -0.312 e. The van der Waals surface area contributed by atoms with E-state index >= 15 is 0 Å². The molecule has 1 atom stereocenters. The van der Waals surface area contributed by atoms with Gasteiger partial charge < -0.3 is 5.32 Å². The Balaban J connectivity index is 2.01. The molecule has 0 amide bonds. The molecular formula is C19H27NS. The Kier molecular flexibility index (Phi) is 5.60. The molecule has 21 heavy (non-hydrogen) atoms. The average Bonchev–Trinajstić information content (AvgIpc) is 2.91. The van der Waals surface area contributed by atoms with Crippen molar-refractivity contribution in [2.45, 2.75) is 46.1 Å². The monoisotopic (exact) mass is 301 g/mol. The topological polar surface area (TPSA) is 12.0 Å². The lowest BCUT2D eigenvalue weighted by molar-refractivity contribution is 0.368. The van der Waals surface area contributed by atoms with Gasteiger partial charge in [0.1, 0.15) is 0 Å². The molecule has 0 bridgehead atoms. The second-order valence-corrected chi connectivity index (χ2v) is 8.00. The SMILES string of the molecule is Cc1ccc(CC(CNC(C)(C)C)Cc2cccs2)cc1. The van der Waals surface area contributed by atoms with Gasteiger partial charge in [0, 0.05) is 10.4 Å². The first-order valence-corrected chi connectivity index (χ1v) is 8.63. The molecule has 1 aromatic heterocycles. The standard InChI is InChI=1S/C19H27NS/c1-15-7-9-16(10-8-15)12-17(14-20-19(2,3)4)13-18-6-5-11-21-18/h5-11,17,20H,12-14H2,1-4H3. The van der Waals surface area contributed by atoms with Gasteiger partial charge in [-0.25, -0.2) is 0 Å². The summed E-state index contributed by atoms with van der Waals surface area (Å²) in [5, 5.41) is 5.85. The Hall–Kier alpha value is -1.12. The van der Waals surface area contributed by atoms with Crippen LogP contribution in [0.4, 0.5) is 0 Å². The largest absolute Gasteiger partial charge is 0.312 e. The van der Waals surface area contributed by atoms with E-state index < -0.39 is 0 Å². The molecule has 1 N–H and O–H groups in total. The van der Waals surface area contributed by atoms with Crippen LogP contribution in [0.2, 0.25) is 0 Å². The van der Waals surface area contributed by atoms with E-state index in [1.54, 1.807) is 0 Å². The summed E-state index contributed by atoms with van der Waals surface area (Å²) >= 11 is 1.87. The lowest BCUT2D eigenvalue weighted by atomic mass is 9.94. The van der Waals surface area contributed by atoms with Crippen LogP contribution in [0.3, 0.4) is 0 Å². The minimum absolute atomic E-state index is 0.182. The summed E-state index contributed by atoms with van der Waals surface area (Å²) in [6.45, 7) is 9.92. The molecule has 114 valence electrons. The highest BCUT2D eigenvalue weighted by Crippen LogP contribution is 2.19. The Morgan fingerprint density at radius 3 is 2.33 bits per heavy atom. The van der Waals surface area contributed by atoms with Crippen molar-refractivity contribution in [3.63, 3.8) is 0 Å². The van der Waals surface area contributed by atoms with Crippen molar-refractivity contribution in [1.29, 1.82) is 0 Å². The number of hydrogen-bond donors (Lipinski definition) is 1. The van der Waals surface area contributed by atoms with Gasteiger partial charge in [0.2, 0.25) is 0 Å². The van der Waals surface area contributed by atoms with Crippen molar-refractivity contribution in [2.75, 3.05) is 6.54 Å². The summed E-state index contributed by atoms with van der Waals surface area (Å²) < 4.78 is 0. The fraction of sp³-hybridized carbons (Fsp3) is 0.474. The quantitative estimate of drug-likeness (QED) is 0.804. The maximum Gasteiger partial charge on any atom is 0.00966 e. The van der Waals surface area contributed by atoms with Crippen molar-refractivity contribution in [3.05, 3.63) is 57.8 Å². The van der Waals surface area contributed by atoms with Crippen LogP contribution < -0.4 is 5.32 Å². The third-order valence-electron chi connectivity index (χ3n) is 3.64. The first-order valence-electron chi connectivity index (χ1n) is 7.75. The molecule has 0 aliphatic carbocycles. The van der Waals surface area contributed by atoms with Crippen molar-refractivity contribution >= 4 is 11.3 Å². The maximum absolute atomic E-state index is 3.67. The summed E-state index contributed by atoms with van der Waals surface area (Å²) in [7, 11) is 0. The van der Waals surface area contributed by atoms with Crippen molar-refractivity contribution in [3.8, 4) is 0 Å². The van der Waals surface area contributed by atoms with Crippen LogP contribution in [0.5, 0.6) is 0 Å². The Bertz CT molecular complexity index is 520. The molecule has 2 aromatic rings. The van der Waals surface area contributed by atoms with Crippen LogP contribution in [0.15, 0.2) is 41.8 Å². The van der Waals surface area contributed by atoms with Crippen LogP contribution in [0.1, 0.15) is 36.8 Å². The summed E-state index contributed by atoms with van der Waals surface area (Å²) in [6, 6.07) is 13.4. The van der Waals surface area contributed by atoms with Gasteiger partial charge in [-0.1, -0.05) is 35.9 Å². The smallest absolute Gasteiger partial charge is 0.00966 e. The summed E-state index contributed by atoms with van der Waals surface area (Å²) in [6.07, 6.45) is 2.30. The lowest BCUT2D eigenvalue weighted by Crippen LogP contribution is -2.40. The van der Waals surface area contributed by atoms with Crippen LogP contribution in [-0.2, 0) is 12.8 Å². The van der Waals surface area contributed by atoms with Gasteiger partial charge in [0.25, 0.3) is 0 Å². The third-order valence-corrected chi connectivity index (χ3v) is 4.53. The lowest BCUT2D eigenvalue weighted by Gasteiger charge is -2.25. The highest BCUT2D eigenvalue weighted by atomic mass is 32.1. The third kappa shape index (κ3) is 6.03. The van der Waals surface area contributed by atoms with Crippen LogP contribution in [0, 0.1) is 12.8 Å². The molecule has 2 rings (SSSR count). The highest BCUT2D eigenvalue weighted by Gasteiger charge is 2.16. The fourth-order valence-corrected chi connectivity index (χ4v) is 3.26. The first-order chi connectivity index (χ1) is 9.92. The number of hydrogen-bond acceptors (Lipinski definition) is 2. The normalized spacial score (nSPS) is 13.3. The van der Waals surface area contributed by atoms with E-state index in [2.05, 4.69) is 74.8 Å². The van der Waals surface area contributed by atoms with Crippen molar-refractivity contribution < 1.29 is 0 Å². The molecular weight excluding hydrogens is 274 g/mol. The fourth-order valence-electron chi connectivity index (χ4n) is 2.44. The summed E-state index contributed by atoms with van der Waals surface area (Å²) in [5.41, 5.74) is 2.96. The maximum atomic E-state index is 3.67. The molecule has 1 heterocycles. The van der Waals surface area contributed by atoms with Gasteiger partial charge in [-0.05, 0) is 70.0 Å². The highest BCUT2D eigenvalue weighted by molar-refractivity contribution is 7.09. The zero-order valence-electron chi connectivity index (χ0n) is 13.6. The van der Waals surface area contributed by atoms with Gasteiger partial charge in [-0.3, -0.25) is 0 Å². The zero-order valence-corrected chi connectivity index (χ0v) is 14.5. The van der Waals surface area contributed by atoms with E-state index in [1.807, 2.05) is 11.3 Å². The second kappa shape index (κ2) is 7.24. The van der Waals surface area contributed by atoms with Gasteiger partial charge in [0.05, 0.1) is 0 Å². The second-order valence-electron chi connectivity index (χ2n) is 6.97. The number of rotatable bonds is 6. The molecule has 0 saturated carbocycles. The molecule has 0 saturated heterocycles. The molecule has 2 heteroatoms. The summed E-state index contributed by atoms with van der Waals surface area (Å²) in [4.78, 5) is 1.49. The molecule has 1 nitrogen and oxygen atoms in total. The van der Waals surface area contributed by atoms with Crippen molar-refractivity contribution in [2.24, 2.45) is 5.92 Å². The molecule has 0 fully saturated rings. The van der Waals surface area contributed by atoms with Crippen LogP contribution in [-0.4, -0.2) is 12.1 Å². The van der Waals surface area contributed by atoms with E-state index in [9.17, 15) is 0 Å². The number of aryl methyl sites for hydroxylation is 1. The predicted molar refractivity (Wildman–Crippen MR) is 94.2 cm³/mol. The van der Waals surface area contributed by atoms with Crippen molar-refractivity contribution in [1.82, 2.24) is 5.32 Å². The molecule has 0 radical (unpaired) electrons. The van der Waals surface area contributed by atoms with Gasteiger partial charge in [-0.15, -0.1) is 11.3 Å². The van der Waals surface area contributed by atoms with E-state index in [1.165, 1.54) is 16.0 Å². The zero-order chi connectivity index (χ0) is 15.3. The Morgan fingerprint density at radius 2 is 1.76 bits per heavy atom. The van der Waals surface area contributed by atoms with E-state index in [4.69, 9.17) is 0 Å². The van der Waals surface area contributed by atoms with Gasteiger partial charge >= 0.3 is 0 Å². The first kappa shape index (κ1) is 16.3. The summed E-state index contributed by atoms with van der Waals surface area (Å²) in [5.74, 6) is 0.644. The van der Waals surface area contributed by atoms with Crippen LogP contribution in [0.25, 0.3) is 0 Å². The molecule has 0 aliphatic rings. The molecule has 0 spiro atoms. The van der Waals surface area contributed by atoms with Gasteiger partial charge in [0.15, 0.2) is 0 Å². The molecule has 1 unspecified atom stereocenters. The van der Waals surface area contributed by atoms with E-state index in [-0.39, 0.29) is 5.54 Å². The predicted octanol–water partition coefficient (Wildman–Crippen LogP) is 4.85. The number of thiophene rings is 1. The van der Waals surface area contributed by atoms with Gasteiger partial charge in [-0.2, -0.15) is 0 Å². The van der Waals surface area contributed by atoms with E-state index in [0.29, 0.717) is 5.92 Å². The number of nitrogens with one attached hydrogen (secondary N) is 1. The van der Waals surface area contributed by atoms with E-state index in [0.717, 1.165) is 19.4 Å². The molecule has 0 aliphatic heterocycles. The minimum atomic E-state index is 0.182. The van der Waals surface area contributed by atoms with Crippen LogP contribution >= 0.6 is 11.3 Å². The Labute approximate surface area is 133 Å². The number of benzene rings is 1. The molecule has 1 aromatic carbocycles. The average molecular weight is 301 g/mol. The Morgan fingerprint density at radius 1 is 1.05 bits per heavy atom.